The summed E-state index contributed by atoms with van der Waals surface area (Å²) in [7, 11) is -0.601. The van der Waals surface area contributed by atoms with Crippen LogP contribution in [0.15, 0.2) is 60.7 Å². The summed E-state index contributed by atoms with van der Waals surface area (Å²) in [5.74, 6) is 0. The molecule has 1 heterocycles. The SMILES string of the molecule is CN1CCN(P(=O)(c2ccccc2)c2ccccc2)CC1. The van der Waals surface area contributed by atoms with Crippen LogP contribution in [0.3, 0.4) is 0 Å². The first-order chi connectivity index (χ1) is 10.2. The van der Waals surface area contributed by atoms with Crippen LogP contribution in [0.25, 0.3) is 0 Å². The molecule has 0 aromatic heterocycles. The molecule has 2 aromatic carbocycles. The lowest BCUT2D eigenvalue weighted by atomic mass is 10.4. The number of nitrogens with zero attached hydrogens (tertiary/aromatic N) is 2. The highest BCUT2D eigenvalue weighted by molar-refractivity contribution is 7.76. The summed E-state index contributed by atoms with van der Waals surface area (Å²) in [5, 5.41) is 1.86. The first kappa shape index (κ1) is 14.5. The van der Waals surface area contributed by atoms with Gasteiger partial charge >= 0.3 is 0 Å². The molecule has 0 amide bonds. The van der Waals surface area contributed by atoms with E-state index in [0.717, 1.165) is 36.8 Å². The molecule has 21 heavy (non-hydrogen) atoms. The smallest absolute Gasteiger partial charge is 0.207 e. The van der Waals surface area contributed by atoms with Crippen molar-refractivity contribution in [1.82, 2.24) is 9.57 Å². The average Bonchev–Trinajstić information content (AvgIpc) is 2.56. The summed E-state index contributed by atoms with van der Waals surface area (Å²) in [6.07, 6.45) is 0. The van der Waals surface area contributed by atoms with Crippen LogP contribution in [-0.4, -0.2) is 42.8 Å². The highest BCUT2D eigenvalue weighted by atomic mass is 31.2. The maximum absolute atomic E-state index is 14.0. The molecule has 4 heteroatoms. The van der Waals surface area contributed by atoms with E-state index in [-0.39, 0.29) is 0 Å². The Balaban J connectivity index is 2.06. The Morgan fingerprint density at radius 1 is 0.762 bits per heavy atom. The molecule has 0 saturated carbocycles. The lowest BCUT2D eigenvalue weighted by Crippen LogP contribution is -2.46. The second-order valence-electron chi connectivity index (χ2n) is 5.50. The molecule has 0 unspecified atom stereocenters. The predicted octanol–water partition coefficient (Wildman–Crippen LogP) is 2.16. The number of hydrogen-bond acceptors (Lipinski definition) is 2. The van der Waals surface area contributed by atoms with Gasteiger partial charge in [-0.25, -0.2) is 4.67 Å². The van der Waals surface area contributed by atoms with Crippen molar-refractivity contribution < 1.29 is 4.57 Å². The second kappa shape index (κ2) is 6.15. The van der Waals surface area contributed by atoms with Gasteiger partial charge in [-0.3, -0.25) is 4.57 Å². The molecule has 2 aromatic rings. The van der Waals surface area contributed by atoms with Gasteiger partial charge in [-0.15, -0.1) is 0 Å². The fourth-order valence-corrected chi connectivity index (χ4v) is 5.66. The van der Waals surface area contributed by atoms with Gasteiger partial charge in [0.1, 0.15) is 0 Å². The van der Waals surface area contributed by atoms with E-state index >= 15 is 0 Å². The van der Waals surface area contributed by atoms with E-state index in [4.69, 9.17) is 0 Å². The Hall–Kier alpha value is -1.41. The number of rotatable bonds is 3. The molecule has 0 aliphatic carbocycles. The highest BCUT2D eigenvalue weighted by Gasteiger charge is 2.35. The number of benzene rings is 2. The van der Waals surface area contributed by atoms with Crippen molar-refractivity contribution in [3.8, 4) is 0 Å². The number of hydrogen-bond donors (Lipinski definition) is 0. The van der Waals surface area contributed by atoms with Crippen molar-refractivity contribution in [3.05, 3.63) is 60.7 Å². The van der Waals surface area contributed by atoms with Gasteiger partial charge in [-0.2, -0.15) is 0 Å². The van der Waals surface area contributed by atoms with Gasteiger partial charge in [0.15, 0.2) is 0 Å². The van der Waals surface area contributed by atoms with Crippen LogP contribution in [0.4, 0.5) is 0 Å². The Morgan fingerprint density at radius 2 is 1.19 bits per heavy atom. The minimum atomic E-state index is -2.72. The van der Waals surface area contributed by atoms with E-state index in [1.807, 2.05) is 60.7 Å². The van der Waals surface area contributed by atoms with Crippen LogP contribution < -0.4 is 10.6 Å². The predicted molar refractivity (Wildman–Crippen MR) is 88.8 cm³/mol. The largest absolute Gasteiger partial charge is 0.304 e. The van der Waals surface area contributed by atoms with Gasteiger partial charge in [0.05, 0.1) is 0 Å². The zero-order chi connectivity index (χ0) is 14.7. The van der Waals surface area contributed by atoms with E-state index in [1.54, 1.807) is 0 Å². The molecule has 1 aliphatic heterocycles. The van der Waals surface area contributed by atoms with Gasteiger partial charge in [-0.1, -0.05) is 36.4 Å². The van der Waals surface area contributed by atoms with Crippen molar-refractivity contribution in [2.24, 2.45) is 0 Å². The molecule has 0 N–H and O–H groups in total. The van der Waals surface area contributed by atoms with Crippen LogP contribution in [-0.2, 0) is 4.57 Å². The zero-order valence-corrected chi connectivity index (χ0v) is 13.2. The van der Waals surface area contributed by atoms with Crippen molar-refractivity contribution in [2.45, 2.75) is 0 Å². The summed E-state index contributed by atoms with van der Waals surface area (Å²) < 4.78 is 16.2. The van der Waals surface area contributed by atoms with Crippen LogP contribution in [0.1, 0.15) is 0 Å². The molecule has 1 saturated heterocycles. The van der Waals surface area contributed by atoms with Crippen molar-refractivity contribution in [2.75, 3.05) is 33.2 Å². The fraction of sp³-hybridized carbons (Fsp3) is 0.294. The summed E-state index contributed by atoms with van der Waals surface area (Å²) in [6.45, 7) is 3.61. The molecular weight excluding hydrogens is 279 g/mol. The Bertz CT molecular complexity index is 578. The minimum Gasteiger partial charge on any atom is -0.304 e. The molecule has 1 aliphatic rings. The maximum Gasteiger partial charge on any atom is 0.207 e. The monoisotopic (exact) mass is 300 g/mol. The van der Waals surface area contributed by atoms with Gasteiger partial charge in [0, 0.05) is 36.8 Å². The van der Waals surface area contributed by atoms with E-state index < -0.39 is 7.29 Å². The normalized spacial score (nSPS) is 17.8. The third-order valence-corrected chi connectivity index (χ3v) is 7.28. The van der Waals surface area contributed by atoms with Crippen LogP contribution in [0.2, 0.25) is 0 Å². The van der Waals surface area contributed by atoms with Crippen LogP contribution >= 0.6 is 7.29 Å². The topological polar surface area (TPSA) is 23.6 Å². The van der Waals surface area contributed by atoms with Crippen molar-refractivity contribution >= 4 is 17.9 Å². The Labute approximate surface area is 126 Å². The molecule has 0 bridgehead atoms. The molecule has 110 valence electrons. The lowest BCUT2D eigenvalue weighted by Gasteiger charge is -2.38. The highest BCUT2D eigenvalue weighted by Crippen LogP contribution is 2.47. The average molecular weight is 300 g/mol. The Morgan fingerprint density at radius 3 is 1.62 bits per heavy atom. The summed E-state index contributed by atoms with van der Waals surface area (Å²) in [5.41, 5.74) is 0. The zero-order valence-electron chi connectivity index (χ0n) is 12.4. The molecule has 3 rings (SSSR count). The van der Waals surface area contributed by atoms with E-state index in [2.05, 4.69) is 16.6 Å². The van der Waals surface area contributed by atoms with E-state index in [1.165, 1.54) is 0 Å². The lowest BCUT2D eigenvalue weighted by molar-refractivity contribution is 0.224. The van der Waals surface area contributed by atoms with E-state index in [9.17, 15) is 4.57 Å². The van der Waals surface area contributed by atoms with Crippen LogP contribution in [0, 0.1) is 0 Å². The van der Waals surface area contributed by atoms with Crippen molar-refractivity contribution in [3.63, 3.8) is 0 Å². The molecule has 0 atom stereocenters. The second-order valence-corrected chi connectivity index (χ2v) is 8.25. The summed E-state index contributed by atoms with van der Waals surface area (Å²) in [6, 6.07) is 19.8. The molecule has 0 spiro atoms. The molecule has 3 nitrogen and oxygen atoms in total. The number of likely N-dealkylation sites (N-methyl/N-ethyl adjacent to an activating group) is 1. The third-order valence-electron chi connectivity index (χ3n) is 4.09. The summed E-state index contributed by atoms with van der Waals surface area (Å²) >= 11 is 0. The fourth-order valence-electron chi connectivity index (χ4n) is 2.81. The maximum atomic E-state index is 14.0. The third kappa shape index (κ3) is 2.82. The standard InChI is InChI=1S/C17H21N2OP/c1-18-12-14-19(15-13-18)21(20,16-8-4-2-5-9-16)17-10-6-3-7-11-17/h2-11H,12-15H2,1H3. The van der Waals surface area contributed by atoms with Gasteiger partial charge in [0.25, 0.3) is 0 Å². The molecule has 1 fully saturated rings. The molecule has 0 radical (unpaired) electrons. The van der Waals surface area contributed by atoms with Gasteiger partial charge < -0.3 is 4.90 Å². The Kier molecular flexibility index (Phi) is 4.25. The van der Waals surface area contributed by atoms with E-state index in [0.29, 0.717) is 0 Å². The van der Waals surface area contributed by atoms with Gasteiger partial charge in [-0.05, 0) is 31.3 Å². The van der Waals surface area contributed by atoms with Crippen LogP contribution in [0.5, 0.6) is 0 Å². The summed E-state index contributed by atoms with van der Waals surface area (Å²) in [4.78, 5) is 2.29. The van der Waals surface area contributed by atoms with Crippen molar-refractivity contribution in [1.29, 1.82) is 0 Å². The minimum absolute atomic E-state index is 0.845. The first-order valence-electron chi connectivity index (χ1n) is 7.36. The molecular formula is C17H21N2OP. The first-order valence-corrected chi connectivity index (χ1v) is 9.02. The number of piperazine rings is 1. The van der Waals surface area contributed by atoms with Gasteiger partial charge in [0.2, 0.25) is 7.29 Å². The quantitative estimate of drug-likeness (QED) is 0.812.